The van der Waals surface area contributed by atoms with Crippen LogP contribution in [0.25, 0.3) is 0 Å². The van der Waals surface area contributed by atoms with Crippen molar-refractivity contribution in [2.45, 2.75) is 39.5 Å². The maximum absolute atomic E-state index is 10.9. The Kier molecular flexibility index (Phi) is 7.54. The van der Waals surface area contributed by atoms with Crippen molar-refractivity contribution in [3.05, 3.63) is 0 Å². The van der Waals surface area contributed by atoms with Crippen LogP contribution in [0.15, 0.2) is 0 Å². The smallest absolute Gasteiger partial charge is 0.303 e. The molecule has 0 heterocycles. The topological polar surface area (TPSA) is 78.4 Å². The normalized spacial score (nSPS) is 11.2. The third-order valence-corrected chi connectivity index (χ3v) is 2.80. The molecule has 3 N–H and O–H groups in total. The van der Waals surface area contributed by atoms with Gasteiger partial charge >= 0.3 is 5.97 Å². The van der Waals surface area contributed by atoms with Crippen molar-refractivity contribution in [2.75, 3.05) is 20.1 Å². The van der Waals surface area contributed by atoms with E-state index in [4.69, 9.17) is 5.11 Å². The van der Waals surface area contributed by atoms with Crippen molar-refractivity contribution in [1.29, 1.82) is 0 Å². The van der Waals surface area contributed by atoms with Crippen LogP contribution < -0.4 is 10.6 Å². The summed E-state index contributed by atoms with van der Waals surface area (Å²) in [5.74, 6) is -0.715. The Morgan fingerprint density at radius 3 is 2.29 bits per heavy atom. The molecule has 0 atom stereocenters. The molecule has 0 bridgehead atoms. The average Bonchev–Trinajstić information content (AvgIpc) is 2.25. The maximum Gasteiger partial charge on any atom is 0.303 e. The molecule has 1 amide bonds. The summed E-state index contributed by atoms with van der Waals surface area (Å²) in [6.07, 6.45) is 2.28. The van der Waals surface area contributed by atoms with E-state index in [1.807, 2.05) is 0 Å². The lowest BCUT2D eigenvalue weighted by molar-refractivity contribution is -0.137. The Balaban J connectivity index is 3.58. The molecule has 0 aliphatic carbocycles. The molecule has 0 radical (unpaired) electrons. The minimum absolute atomic E-state index is 0.0262. The molecule has 0 rings (SSSR count). The summed E-state index contributed by atoms with van der Waals surface area (Å²) in [6.45, 7) is 5.60. The van der Waals surface area contributed by atoms with Crippen LogP contribution in [0.2, 0.25) is 0 Å². The minimum Gasteiger partial charge on any atom is -0.481 e. The first-order chi connectivity index (χ1) is 7.87. The second-order valence-corrected chi connectivity index (χ2v) is 4.98. The maximum atomic E-state index is 10.9. The zero-order chi connectivity index (χ0) is 13.3. The zero-order valence-corrected chi connectivity index (χ0v) is 11.0. The second-order valence-electron chi connectivity index (χ2n) is 4.98. The molecule has 0 spiro atoms. The third kappa shape index (κ3) is 9.81. The van der Waals surface area contributed by atoms with Crippen LogP contribution in [0.3, 0.4) is 0 Å². The molecule has 0 aliphatic heterocycles. The van der Waals surface area contributed by atoms with Crippen LogP contribution in [0.1, 0.15) is 39.5 Å². The summed E-state index contributed by atoms with van der Waals surface area (Å²) in [5.41, 5.74) is 0.0262. The van der Waals surface area contributed by atoms with Crippen molar-refractivity contribution < 1.29 is 14.7 Å². The van der Waals surface area contributed by atoms with Gasteiger partial charge in [0.05, 0.1) is 0 Å². The molecule has 0 aromatic carbocycles. The largest absolute Gasteiger partial charge is 0.481 e. The summed E-state index contributed by atoms with van der Waals surface area (Å²) in [6, 6.07) is 0. The Morgan fingerprint density at radius 2 is 1.76 bits per heavy atom. The molecule has 0 saturated heterocycles. The number of carboxylic acid groups (broad SMARTS) is 1. The van der Waals surface area contributed by atoms with Crippen molar-refractivity contribution in [1.82, 2.24) is 10.6 Å². The van der Waals surface area contributed by atoms with Gasteiger partial charge in [-0.1, -0.05) is 13.8 Å². The number of carbonyl (C=O) groups is 2. The predicted molar refractivity (Wildman–Crippen MR) is 66.8 cm³/mol. The van der Waals surface area contributed by atoms with Crippen LogP contribution in [-0.4, -0.2) is 37.1 Å². The van der Waals surface area contributed by atoms with Gasteiger partial charge < -0.3 is 15.7 Å². The quantitative estimate of drug-likeness (QED) is 0.529. The molecule has 0 saturated carbocycles. The first-order valence-electron chi connectivity index (χ1n) is 6.00. The lowest BCUT2D eigenvalue weighted by atomic mass is 9.84. The van der Waals surface area contributed by atoms with Crippen molar-refractivity contribution >= 4 is 11.9 Å². The van der Waals surface area contributed by atoms with E-state index in [1.54, 1.807) is 7.05 Å². The Labute approximate surface area is 103 Å². The van der Waals surface area contributed by atoms with Gasteiger partial charge in [-0.15, -0.1) is 0 Å². The van der Waals surface area contributed by atoms with Crippen molar-refractivity contribution in [3.8, 4) is 0 Å². The molecule has 0 aromatic heterocycles. The van der Waals surface area contributed by atoms with Crippen molar-refractivity contribution in [2.24, 2.45) is 5.41 Å². The zero-order valence-electron chi connectivity index (χ0n) is 11.0. The minimum atomic E-state index is -0.745. The summed E-state index contributed by atoms with van der Waals surface area (Å²) < 4.78 is 0. The highest BCUT2D eigenvalue weighted by Crippen LogP contribution is 2.25. The Bertz CT molecular complexity index is 252. The SMILES string of the molecule is CNC(=O)CCNCCC(C)(C)CCC(=O)O. The van der Waals surface area contributed by atoms with Gasteiger partial charge in [0.2, 0.25) is 5.91 Å². The second kappa shape index (κ2) is 8.06. The van der Waals surface area contributed by atoms with Gasteiger partial charge in [-0.05, 0) is 24.8 Å². The van der Waals surface area contributed by atoms with E-state index >= 15 is 0 Å². The Hall–Kier alpha value is -1.10. The number of aliphatic carboxylic acids is 1. The van der Waals surface area contributed by atoms with Gasteiger partial charge in [-0.25, -0.2) is 0 Å². The average molecular weight is 244 g/mol. The third-order valence-electron chi connectivity index (χ3n) is 2.80. The lowest BCUT2D eigenvalue weighted by Gasteiger charge is -2.23. The fourth-order valence-corrected chi connectivity index (χ4v) is 1.45. The standard InChI is InChI=1S/C12H24N2O3/c1-12(2,6-4-11(16)17)7-9-14-8-5-10(15)13-3/h14H,4-9H2,1-3H3,(H,13,15)(H,16,17). The molecule has 0 aliphatic rings. The van der Waals surface area contributed by atoms with Gasteiger partial charge in [0.25, 0.3) is 0 Å². The highest BCUT2D eigenvalue weighted by atomic mass is 16.4. The number of nitrogens with one attached hydrogen (secondary N) is 2. The summed E-state index contributed by atoms with van der Waals surface area (Å²) in [7, 11) is 1.62. The highest BCUT2D eigenvalue weighted by molar-refractivity contribution is 5.75. The number of hydrogen-bond acceptors (Lipinski definition) is 3. The van der Waals surface area contributed by atoms with Crippen molar-refractivity contribution in [3.63, 3.8) is 0 Å². The molecule has 5 nitrogen and oxygen atoms in total. The van der Waals surface area contributed by atoms with E-state index in [1.165, 1.54) is 0 Å². The highest BCUT2D eigenvalue weighted by Gasteiger charge is 2.18. The van der Waals surface area contributed by atoms with Crippen LogP contribution in [0, 0.1) is 5.41 Å². The van der Waals surface area contributed by atoms with Crippen LogP contribution in [0.5, 0.6) is 0 Å². The van der Waals surface area contributed by atoms with Gasteiger partial charge in [-0.2, -0.15) is 0 Å². The molecule has 0 aromatic rings. The Morgan fingerprint density at radius 1 is 1.12 bits per heavy atom. The van der Waals surface area contributed by atoms with E-state index in [0.717, 1.165) is 13.0 Å². The number of amides is 1. The molecular weight excluding hydrogens is 220 g/mol. The van der Waals surface area contributed by atoms with E-state index < -0.39 is 5.97 Å². The van der Waals surface area contributed by atoms with E-state index in [-0.39, 0.29) is 17.7 Å². The number of carbonyl (C=O) groups excluding carboxylic acids is 1. The van der Waals surface area contributed by atoms with E-state index in [2.05, 4.69) is 24.5 Å². The molecule has 0 unspecified atom stereocenters. The van der Waals surface area contributed by atoms with Gasteiger partial charge in [0, 0.05) is 26.4 Å². The fraction of sp³-hybridized carbons (Fsp3) is 0.833. The monoisotopic (exact) mass is 244 g/mol. The summed E-state index contributed by atoms with van der Waals surface area (Å²) in [5, 5.41) is 14.4. The van der Waals surface area contributed by atoms with Gasteiger partial charge in [0.1, 0.15) is 0 Å². The van der Waals surface area contributed by atoms with E-state index in [9.17, 15) is 9.59 Å². The van der Waals surface area contributed by atoms with Gasteiger partial charge in [-0.3, -0.25) is 9.59 Å². The molecule has 17 heavy (non-hydrogen) atoms. The molecule has 0 fully saturated rings. The molecule has 5 heteroatoms. The summed E-state index contributed by atoms with van der Waals surface area (Å²) in [4.78, 5) is 21.4. The van der Waals surface area contributed by atoms with Crippen LogP contribution in [-0.2, 0) is 9.59 Å². The molecular formula is C12H24N2O3. The lowest BCUT2D eigenvalue weighted by Crippen LogP contribution is -2.27. The first-order valence-corrected chi connectivity index (χ1v) is 6.00. The fourth-order valence-electron chi connectivity index (χ4n) is 1.45. The number of carboxylic acids is 1. The van der Waals surface area contributed by atoms with Crippen LogP contribution >= 0.6 is 0 Å². The molecule has 100 valence electrons. The number of rotatable bonds is 9. The van der Waals surface area contributed by atoms with Crippen LogP contribution in [0.4, 0.5) is 0 Å². The first kappa shape index (κ1) is 15.9. The van der Waals surface area contributed by atoms with E-state index in [0.29, 0.717) is 19.4 Å². The predicted octanol–water partition coefficient (Wildman–Crippen LogP) is 0.993. The van der Waals surface area contributed by atoms with Gasteiger partial charge in [0.15, 0.2) is 0 Å². The summed E-state index contributed by atoms with van der Waals surface area (Å²) >= 11 is 0. The number of hydrogen-bond donors (Lipinski definition) is 3.